The largest absolute Gasteiger partial charge is 0.488 e. The van der Waals surface area contributed by atoms with Crippen LogP contribution in [-0.2, 0) is 21.7 Å². The van der Waals surface area contributed by atoms with Gasteiger partial charge in [0, 0.05) is 27.2 Å². The molecule has 0 aliphatic carbocycles. The maximum Gasteiger partial charge on any atom is 0.211 e. The van der Waals surface area contributed by atoms with Crippen molar-refractivity contribution in [1.29, 1.82) is 0 Å². The van der Waals surface area contributed by atoms with Gasteiger partial charge in [0.2, 0.25) is 9.23 Å². The second kappa shape index (κ2) is 10.1. The summed E-state index contributed by atoms with van der Waals surface area (Å²) in [6, 6.07) is 14.4. The SMILES string of the molecule is Cc1cc(CCl)cc(C)c1OCc1ccccc1.O=S(Cl)Cl. The molecule has 0 N–H and O–H groups in total. The number of benzene rings is 2. The van der Waals surface area contributed by atoms with Crippen LogP contribution in [-0.4, -0.2) is 4.21 Å². The van der Waals surface area contributed by atoms with Gasteiger partial charge in [0.15, 0.2) is 0 Å². The zero-order chi connectivity index (χ0) is 16.5. The fraction of sp³-hybridized carbons (Fsp3) is 0.250. The van der Waals surface area contributed by atoms with Crippen LogP contribution in [0.5, 0.6) is 5.75 Å². The highest BCUT2D eigenvalue weighted by Crippen LogP contribution is 2.26. The lowest BCUT2D eigenvalue weighted by molar-refractivity contribution is 0.302. The van der Waals surface area contributed by atoms with Crippen LogP contribution in [0.25, 0.3) is 0 Å². The van der Waals surface area contributed by atoms with Gasteiger partial charge >= 0.3 is 0 Å². The third kappa shape index (κ3) is 7.01. The van der Waals surface area contributed by atoms with E-state index >= 15 is 0 Å². The Morgan fingerprint density at radius 3 is 1.95 bits per heavy atom. The Kier molecular flexibility index (Phi) is 8.88. The normalized spacial score (nSPS) is 10.1. The smallest absolute Gasteiger partial charge is 0.211 e. The highest BCUT2D eigenvalue weighted by atomic mass is 36.0. The average Bonchev–Trinajstić information content (AvgIpc) is 2.46. The van der Waals surface area contributed by atoms with Crippen molar-refractivity contribution in [3.05, 3.63) is 64.7 Å². The Morgan fingerprint density at radius 2 is 1.50 bits per heavy atom. The summed E-state index contributed by atoms with van der Waals surface area (Å²) in [4.78, 5) is 0. The van der Waals surface area contributed by atoms with Crippen molar-refractivity contribution in [3.63, 3.8) is 0 Å². The van der Waals surface area contributed by atoms with Crippen LogP contribution >= 0.6 is 33.0 Å². The molecular formula is C16H17Cl3O2S. The summed E-state index contributed by atoms with van der Waals surface area (Å²) >= 11 is 5.86. The first kappa shape index (κ1) is 19.3. The Labute approximate surface area is 147 Å². The van der Waals surface area contributed by atoms with Gasteiger partial charge < -0.3 is 4.74 Å². The first-order chi connectivity index (χ1) is 10.4. The van der Waals surface area contributed by atoms with E-state index in [0.29, 0.717) is 12.5 Å². The van der Waals surface area contributed by atoms with Gasteiger partial charge in [-0.05, 0) is 36.1 Å². The molecule has 6 heteroatoms. The molecule has 2 aromatic carbocycles. The summed E-state index contributed by atoms with van der Waals surface area (Å²) in [6.07, 6.45) is 0. The molecule has 0 saturated heterocycles. The predicted molar refractivity (Wildman–Crippen MR) is 96.1 cm³/mol. The molecule has 0 amide bonds. The van der Waals surface area contributed by atoms with Crippen molar-refractivity contribution < 1.29 is 8.95 Å². The molecule has 0 bridgehead atoms. The van der Waals surface area contributed by atoms with Crippen LogP contribution < -0.4 is 4.74 Å². The van der Waals surface area contributed by atoms with Crippen LogP contribution in [0.4, 0.5) is 0 Å². The lowest BCUT2D eigenvalue weighted by atomic mass is 10.1. The van der Waals surface area contributed by atoms with Crippen LogP contribution in [0, 0.1) is 13.8 Å². The van der Waals surface area contributed by atoms with Crippen LogP contribution in [0.2, 0.25) is 0 Å². The molecule has 0 aromatic heterocycles. The van der Waals surface area contributed by atoms with E-state index in [1.165, 1.54) is 5.56 Å². The van der Waals surface area contributed by atoms with E-state index in [1.54, 1.807) is 0 Å². The van der Waals surface area contributed by atoms with Gasteiger partial charge in [0.25, 0.3) is 0 Å². The van der Waals surface area contributed by atoms with E-state index < -0.39 is 9.23 Å². The van der Waals surface area contributed by atoms with Crippen LogP contribution in [0.1, 0.15) is 22.3 Å². The number of alkyl halides is 1. The highest BCUT2D eigenvalue weighted by molar-refractivity contribution is 8.26. The minimum atomic E-state index is -1.67. The van der Waals surface area contributed by atoms with Crippen LogP contribution in [0.3, 0.4) is 0 Å². The third-order valence-corrected chi connectivity index (χ3v) is 3.21. The Bertz CT molecular complexity index is 591. The molecule has 0 radical (unpaired) electrons. The standard InChI is InChI=1S/C16H17ClO.Cl2OS/c1-12-8-15(10-17)9-13(2)16(12)18-11-14-6-4-3-5-7-14;1-4(2)3/h3-9H,10-11H2,1-2H3;. The molecule has 0 atom stereocenters. The van der Waals surface area contributed by atoms with E-state index in [1.807, 2.05) is 18.2 Å². The van der Waals surface area contributed by atoms with Gasteiger partial charge in [-0.3, -0.25) is 0 Å². The lowest BCUT2D eigenvalue weighted by Crippen LogP contribution is -1.99. The third-order valence-electron chi connectivity index (χ3n) is 2.90. The van der Waals surface area contributed by atoms with Gasteiger partial charge in [0.05, 0.1) is 0 Å². The molecule has 0 unspecified atom stereocenters. The van der Waals surface area contributed by atoms with Gasteiger partial charge in [-0.25, -0.2) is 4.21 Å². The van der Waals surface area contributed by atoms with Gasteiger partial charge in [-0.15, -0.1) is 11.6 Å². The number of halogens is 3. The van der Waals surface area contributed by atoms with E-state index in [2.05, 4.69) is 59.5 Å². The minimum absolute atomic E-state index is 0.542. The average molecular weight is 380 g/mol. The molecule has 0 saturated carbocycles. The summed E-state index contributed by atoms with van der Waals surface area (Å²) in [5.74, 6) is 1.51. The first-order valence-corrected chi connectivity index (χ1v) is 9.84. The van der Waals surface area contributed by atoms with Gasteiger partial charge in [-0.1, -0.05) is 42.5 Å². The van der Waals surface area contributed by atoms with Gasteiger partial charge in [-0.2, -0.15) is 0 Å². The molecule has 0 spiro atoms. The van der Waals surface area contributed by atoms with E-state index in [0.717, 1.165) is 22.4 Å². The van der Waals surface area contributed by atoms with Crippen molar-refractivity contribution >= 4 is 42.2 Å². The molecule has 22 heavy (non-hydrogen) atoms. The fourth-order valence-electron chi connectivity index (χ4n) is 2.07. The second-order valence-electron chi connectivity index (χ2n) is 4.65. The Balaban J connectivity index is 0.000000541. The number of rotatable bonds is 4. The van der Waals surface area contributed by atoms with Crippen molar-refractivity contribution in [2.24, 2.45) is 0 Å². The van der Waals surface area contributed by atoms with E-state index in [4.69, 9.17) is 20.5 Å². The first-order valence-electron chi connectivity index (χ1n) is 6.51. The topological polar surface area (TPSA) is 26.3 Å². The minimum Gasteiger partial charge on any atom is -0.488 e. The molecule has 2 rings (SSSR count). The summed E-state index contributed by atoms with van der Waals surface area (Å²) in [5.41, 5.74) is 4.60. The molecular weight excluding hydrogens is 363 g/mol. The molecule has 0 aliphatic heterocycles. The van der Waals surface area contributed by atoms with Crippen molar-refractivity contribution in [1.82, 2.24) is 0 Å². The van der Waals surface area contributed by atoms with E-state index in [9.17, 15) is 0 Å². The summed E-state index contributed by atoms with van der Waals surface area (Å²) < 4.78 is 15.0. The number of hydrogen-bond acceptors (Lipinski definition) is 2. The number of ether oxygens (including phenoxy) is 1. The zero-order valence-corrected chi connectivity index (χ0v) is 15.4. The summed E-state index contributed by atoms with van der Waals surface area (Å²) in [6.45, 7) is 4.72. The molecule has 0 heterocycles. The molecule has 120 valence electrons. The molecule has 0 aliphatic rings. The van der Waals surface area contributed by atoms with Crippen molar-refractivity contribution in [3.8, 4) is 5.75 Å². The lowest BCUT2D eigenvalue weighted by Gasteiger charge is -2.13. The maximum atomic E-state index is 9.09. The molecule has 2 nitrogen and oxygen atoms in total. The second-order valence-corrected chi connectivity index (χ2v) is 7.44. The maximum absolute atomic E-state index is 9.09. The summed E-state index contributed by atoms with van der Waals surface area (Å²) in [5, 5.41) is 0. The molecule has 2 aromatic rings. The van der Waals surface area contributed by atoms with Gasteiger partial charge in [0.1, 0.15) is 12.4 Å². The monoisotopic (exact) mass is 378 g/mol. The quantitative estimate of drug-likeness (QED) is 0.506. The predicted octanol–water partition coefficient (Wildman–Crippen LogP) is 5.66. The Morgan fingerprint density at radius 1 is 1.00 bits per heavy atom. The number of aryl methyl sites for hydroxylation is 2. The van der Waals surface area contributed by atoms with Crippen molar-refractivity contribution in [2.75, 3.05) is 0 Å². The fourth-order valence-corrected chi connectivity index (χ4v) is 2.23. The summed E-state index contributed by atoms with van der Waals surface area (Å²) in [7, 11) is 7.36. The highest BCUT2D eigenvalue weighted by Gasteiger charge is 2.06. The van der Waals surface area contributed by atoms with Crippen molar-refractivity contribution in [2.45, 2.75) is 26.3 Å². The molecule has 0 fully saturated rings. The van der Waals surface area contributed by atoms with Crippen LogP contribution in [0.15, 0.2) is 42.5 Å². The Hall–Kier alpha value is -0.740. The van der Waals surface area contributed by atoms with E-state index in [-0.39, 0.29) is 0 Å². The zero-order valence-electron chi connectivity index (χ0n) is 12.3. The number of hydrogen-bond donors (Lipinski definition) is 0.